The van der Waals surface area contributed by atoms with Crippen LogP contribution in [0.3, 0.4) is 0 Å². The maximum absolute atomic E-state index is 13.1. The first-order valence-electron chi connectivity index (χ1n) is 9.02. The second-order valence-electron chi connectivity index (χ2n) is 6.85. The molecule has 0 saturated heterocycles. The highest BCUT2D eigenvalue weighted by atomic mass is 32.1. The summed E-state index contributed by atoms with van der Waals surface area (Å²) in [4.78, 5) is 33.0. The van der Waals surface area contributed by atoms with Gasteiger partial charge in [-0.05, 0) is 23.0 Å². The summed E-state index contributed by atoms with van der Waals surface area (Å²) in [5.74, 6) is -0.578. The zero-order chi connectivity index (χ0) is 21.9. The Kier molecular flexibility index (Phi) is 3.92. The number of thiophene rings is 1. The van der Waals surface area contributed by atoms with E-state index in [1.54, 1.807) is 6.20 Å². The highest BCUT2D eigenvalue weighted by molar-refractivity contribution is 7.21. The molecule has 0 aliphatic rings. The topological polar surface area (TPSA) is 171 Å². The van der Waals surface area contributed by atoms with Gasteiger partial charge in [-0.3, -0.25) is 9.32 Å². The number of pyridine rings is 1. The van der Waals surface area contributed by atoms with Gasteiger partial charge < -0.3 is 16.5 Å². The van der Waals surface area contributed by atoms with Crippen LogP contribution in [0.25, 0.3) is 32.2 Å². The molecule has 6 N–H and O–H groups in total. The van der Waals surface area contributed by atoms with Crippen LogP contribution in [-0.4, -0.2) is 21.0 Å². The van der Waals surface area contributed by atoms with Crippen molar-refractivity contribution in [3.8, 4) is 17.2 Å². The van der Waals surface area contributed by atoms with Crippen molar-refractivity contribution in [1.82, 2.24) is 15.2 Å². The molecule has 0 aliphatic heterocycles. The third-order valence-corrected chi connectivity index (χ3v) is 6.20. The van der Waals surface area contributed by atoms with E-state index in [0.717, 1.165) is 27.8 Å². The van der Waals surface area contributed by atoms with Crippen LogP contribution in [0.4, 0.5) is 11.5 Å². The number of benzene rings is 1. The first-order chi connectivity index (χ1) is 14.9. The Hall–Kier alpha value is -4.43. The van der Waals surface area contributed by atoms with E-state index < -0.39 is 11.4 Å². The largest absolute Gasteiger partial charge is 0.438 e. The number of rotatable bonds is 3. The van der Waals surface area contributed by atoms with Crippen molar-refractivity contribution >= 4 is 49.7 Å². The molecular weight excluding hydrogens is 418 g/mol. The summed E-state index contributed by atoms with van der Waals surface area (Å²) < 4.78 is 5.86. The summed E-state index contributed by atoms with van der Waals surface area (Å²) in [7, 11) is 1.48. The minimum Gasteiger partial charge on any atom is -0.397 e. The number of nitrogens with zero attached hydrogens (tertiary/aromatic N) is 3. The molecule has 0 amide bonds. The summed E-state index contributed by atoms with van der Waals surface area (Å²) in [5.41, 5.74) is 13.9. The van der Waals surface area contributed by atoms with Crippen LogP contribution in [0.15, 0.2) is 39.8 Å². The molecule has 0 bridgehead atoms. The lowest BCUT2D eigenvalue weighted by atomic mass is 9.94. The Morgan fingerprint density at radius 2 is 2.13 bits per heavy atom. The Balaban J connectivity index is 1.88. The van der Waals surface area contributed by atoms with Crippen molar-refractivity contribution < 1.29 is 14.0 Å². The van der Waals surface area contributed by atoms with Gasteiger partial charge in [0.1, 0.15) is 27.2 Å². The number of H-pyrrole nitrogens is 2. The number of hydrogen-bond donors (Lipinski definition) is 4. The molecule has 11 heteroatoms. The van der Waals surface area contributed by atoms with Gasteiger partial charge in [0.05, 0.1) is 5.69 Å². The minimum atomic E-state index is -0.813. The summed E-state index contributed by atoms with van der Waals surface area (Å²) >= 11 is 1.01. The number of nitrogen functional groups attached to an aromatic ring is 2. The Labute approximate surface area is 177 Å². The van der Waals surface area contributed by atoms with E-state index in [2.05, 4.69) is 25.8 Å². The van der Waals surface area contributed by atoms with Crippen LogP contribution in [0.5, 0.6) is 0 Å². The van der Waals surface area contributed by atoms with Crippen LogP contribution in [0.2, 0.25) is 0 Å². The fourth-order valence-electron chi connectivity index (χ4n) is 3.72. The number of nitrogens with two attached hydrogens (primary N) is 2. The molecule has 10 nitrogen and oxygen atoms in total. The number of aromatic amines is 2. The molecule has 0 spiro atoms. The van der Waals surface area contributed by atoms with Crippen molar-refractivity contribution in [2.24, 2.45) is 7.05 Å². The number of aromatic nitrogens is 4. The van der Waals surface area contributed by atoms with E-state index in [4.69, 9.17) is 11.5 Å². The zero-order valence-corrected chi connectivity index (χ0v) is 16.8. The van der Waals surface area contributed by atoms with Gasteiger partial charge in [0.15, 0.2) is 7.05 Å². The molecule has 0 atom stereocenters. The third kappa shape index (κ3) is 2.55. The molecule has 152 valence electrons. The SMILES string of the molecule is C[n+]1[nH]oc(=O)c1C(=O)c1sc2nc(N)c(C#N)c(-c3cccc4[nH]ccc34)c2c1N. The fraction of sp³-hybridized carbons (Fsp3) is 0.0500. The molecule has 31 heavy (non-hydrogen) atoms. The molecule has 0 saturated carbocycles. The van der Waals surface area contributed by atoms with Crippen LogP contribution >= 0.6 is 11.3 Å². The van der Waals surface area contributed by atoms with Gasteiger partial charge in [0.2, 0.25) is 0 Å². The highest BCUT2D eigenvalue weighted by Gasteiger charge is 2.33. The Bertz CT molecular complexity index is 1630. The minimum absolute atomic E-state index is 0.0319. The number of anilines is 2. The lowest BCUT2D eigenvalue weighted by molar-refractivity contribution is -0.741. The van der Waals surface area contributed by atoms with Crippen molar-refractivity contribution in [3.63, 3.8) is 0 Å². The molecule has 0 radical (unpaired) electrons. The van der Waals surface area contributed by atoms with E-state index in [9.17, 15) is 14.9 Å². The normalized spacial score (nSPS) is 11.2. The fourth-order valence-corrected chi connectivity index (χ4v) is 4.77. The smallest absolute Gasteiger partial charge is 0.397 e. The van der Waals surface area contributed by atoms with Gasteiger partial charge in [-0.2, -0.15) is 5.26 Å². The van der Waals surface area contributed by atoms with E-state index in [0.29, 0.717) is 15.8 Å². The van der Waals surface area contributed by atoms with Crippen LogP contribution in [-0.2, 0) is 7.05 Å². The lowest BCUT2D eigenvalue weighted by Crippen LogP contribution is -2.39. The Morgan fingerprint density at radius 1 is 1.32 bits per heavy atom. The van der Waals surface area contributed by atoms with E-state index in [1.165, 1.54) is 11.7 Å². The van der Waals surface area contributed by atoms with Crippen molar-refractivity contribution in [3.05, 3.63) is 57.0 Å². The zero-order valence-electron chi connectivity index (χ0n) is 16.0. The predicted octanol–water partition coefficient (Wildman–Crippen LogP) is 1.82. The van der Waals surface area contributed by atoms with Crippen molar-refractivity contribution in [2.45, 2.75) is 0 Å². The lowest BCUT2D eigenvalue weighted by Gasteiger charge is -2.11. The monoisotopic (exact) mass is 432 g/mol. The number of nitriles is 1. The average molecular weight is 432 g/mol. The average Bonchev–Trinajstić information content (AvgIpc) is 3.44. The van der Waals surface area contributed by atoms with Gasteiger partial charge in [-0.15, -0.1) is 11.3 Å². The number of carbonyl (C=O) groups excluding carboxylic acids is 1. The number of carbonyl (C=O) groups is 1. The second kappa shape index (κ2) is 6.54. The van der Waals surface area contributed by atoms with E-state index >= 15 is 0 Å². The van der Waals surface area contributed by atoms with Gasteiger partial charge in [0.25, 0.3) is 5.78 Å². The van der Waals surface area contributed by atoms with Crippen LogP contribution in [0, 0.1) is 11.3 Å². The first-order valence-corrected chi connectivity index (χ1v) is 9.84. The number of ketones is 1. The standard InChI is InChI=1S/C20H13N7O3S/c1-27-15(20(29)30-26-27)16(28)17-14(22)13-12(10(7-21)18(23)25-19(13)31-17)9-3-2-4-11-8(9)5-6-24-11/h2-6H,1H3,(H5-,22,23,24,25,26,28,29)/p+1. The molecule has 1 aromatic carbocycles. The van der Waals surface area contributed by atoms with Gasteiger partial charge in [0, 0.05) is 28.0 Å². The number of fused-ring (bicyclic) bond motifs is 2. The molecule has 4 aromatic heterocycles. The maximum Gasteiger partial charge on any atom is 0.438 e. The summed E-state index contributed by atoms with van der Waals surface area (Å²) in [5, 5.41) is 13.4. The van der Waals surface area contributed by atoms with Crippen LogP contribution < -0.4 is 21.8 Å². The predicted molar refractivity (Wildman–Crippen MR) is 114 cm³/mol. The number of nitrogens with one attached hydrogen (secondary N) is 2. The van der Waals surface area contributed by atoms with E-state index in [-0.39, 0.29) is 27.6 Å². The molecule has 5 rings (SSSR count). The van der Waals surface area contributed by atoms with Gasteiger partial charge in [-0.25, -0.2) is 9.78 Å². The number of hydrogen-bond acceptors (Lipinski definition) is 8. The highest BCUT2D eigenvalue weighted by Crippen LogP contribution is 2.44. The first kappa shape index (κ1) is 18.6. The maximum atomic E-state index is 13.1. The summed E-state index contributed by atoms with van der Waals surface area (Å²) in [6, 6.07) is 9.60. The van der Waals surface area contributed by atoms with Crippen molar-refractivity contribution in [1.29, 1.82) is 5.26 Å². The quantitative estimate of drug-likeness (QED) is 0.249. The molecule has 4 heterocycles. The molecule has 0 aliphatic carbocycles. The molecule has 0 fully saturated rings. The third-order valence-electron chi connectivity index (χ3n) is 5.11. The summed E-state index contributed by atoms with van der Waals surface area (Å²) in [6.07, 6.45) is 1.79. The molecule has 0 unspecified atom stereocenters. The number of aryl methyl sites for hydroxylation is 1. The molecule has 5 aromatic rings. The van der Waals surface area contributed by atoms with E-state index in [1.807, 2.05) is 24.3 Å². The Morgan fingerprint density at radius 3 is 2.84 bits per heavy atom. The second-order valence-corrected chi connectivity index (χ2v) is 7.84. The van der Waals surface area contributed by atoms with Crippen LogP contribution in [0.1, 0.15) is 20.9 Å². The van der Waals surface area contributed by atoms with Gasteiger partial charge >= 0.3 is 11.3 Å². The molecular formula is C20H14N7O3S+. The van der Waals surface area contributed by atoms with Gasteiger partial charge in [-0.1, -0.05) is 16.8 Å². The summed E-state index contributed by atoms with van der Waals surface area (Å²) in [6.45, 7) is 0. The van der Waals surface area contributed by atoms with Crippen molar-refractivity contribution in [2.75, 3.05) is 11.5 Å².